The summed E-state index contributed by atoms with van der Waals surface area (Å²) in [6, 6.07) is 5.64. The lowest BCUT2D eigenvalue weighted by Gasteiger charge is -2.27. The number of rotatable bonds is 4. The third-order valence-corrected chi connectivity index (χ3v) is 5.02. The number of carbonyl (C=O) groups excluding carboxylic acids is 1. The van der Waals surface area contributed by atoms with E-state index in [1.165, 1.54) is 0 Å². The maximum atomic E-state index is 12.1. The lowest BCUT2D eigenvalue weighted by atomic mass is 10.0. The Hall–Kier alpha value is -0.350. The summed E-state index contributed by atoms with van der Waals surface area (Å²) in [5.74, 6) is -0.0329. The molecule has 1 amide bonds. The van der Waals surface area contributed by atoms with E-state index in [1.807, 2.05) is 32.0 Å². The number of benzene rings is 1. The van der Waals surface area contributed by atoms with Crippen molar-refractivity contribution in [2.75, 3.05) is 5.33 Å². The monoisotopic (exact) mass is 361 g/mol. The van der Waals surface area contributed by atoms with Gasteiger partial charge in [0.05, 0.1) is 0 Å². The number of amides is 1. The average Bonchev–Trinajstić information content (AvgIpc) is 2.32. The molecular formula is C13H17Br2NO. The zero-order valence-corrected chi connectivity index (χ0v) is 13.5. The summed E-state index contributed by atoms with van der Waals surface area (Å²) in [7, 11) is 0. The second kappa shape index (κ2) is 6.01. The first kappa shape index (κ1) is 14.7. The van der Waals surface area contributed by atoms with E-state index >= 15 is 0 Å². The van der Waals surface area contributed by atoms with E-state index in [-0.39, 0.29) is 11.4 Å². The van der Waals surface area contributed by atoms with E-state index in [0.717, 1.165) is 21.8 Å². The first-order valence-corrected chi connectivity index (χ1v) is 7.48. The molecule has 0 saturated heterocycles. The highest BCUT2D eigenvalue weighted by molar-refractivity contribution is 9.10. The standard InChI is InChI=1S/C13H17Br2NO/c1-4-13(3,8-14)16-12(17)10-6-5-9(2)11(15)7-10/h5-7H,4,8H2,1-3H3,(H,16,17). The summed E-state index contributed by atoms with van der Waals surface area (Å²) in [4.78, 5) is 12.1. The van der Waals surface area contributed by atoms with Gasteiger partial charge < -0.3 is 5.32 Å². The van der Waals surface area contributed by atoms with Crippen LogP contribution >= 0.6 is 31.9 Å². The Balaban J connectivity index is 2.86. The van der Waals surface area contributed by atoms with Gasteiger partial charge in [0.25, 0.3) is 5.91 Å². The van der Waals surface area contributed by atoms with Crippen LogP contribution in [0.3, 0.4) is 0 Å². The Kier molecular flexibility index (Phi) is 5.20. The zero-order valence-electron chi connectivity index (χ0n) is 10.3. The first-order chi connectivity index (χ1) is 7.91. The van der Waals surface area contributed by atoms with E-state index in [9.17, 15) is 4.79 Å². The van der Waals surface area contributed by atoms with Crippen molar-refractivity contribution in [3.05, 3.63) is 33.8 Å². The Labute approximate surface area is 119 Å². The molecule has 1 unspecified atom stereocenters. The number of nitrogens with one attached hydrogen (secondary N) is 1. The molecular weight excluding hydrogens is 346 g/mol. The SMILES string of the molecule is CCC(C)(CBr)NC(=O)c1ccc(C)c(Br)c1. The predicted octanol–water partition coefficient (Wildman–Crippen LogP) is 4.05. The summed E-state index contributed by atoms with van der Waals surface area (Å²) in [6.07, 6.45) is 0.886. The molecule has 94 valence electrons. The molecule has 0 bridgehead atoms. The Bertz CT molecular complexity index is 414. The Morgan fingerprint density at radius 2 is 2.12 bits per heavy atom. The van der Waals surface area contributed by atoms with Crippen molar-refractivity contribution >= 4 is 37.8 Å². The highest BCUT2D eigenvalue weighted by Gasteiger charge is 2.23. The molecule has 1 atom stereocenters. The van der Waals surface area contributed by atoms with Gasteiger partial charge in [-0.2, -0.15) is 0 Å². The fraction of sp³-hybridized carbons (Fsp3) is 0.462. The lowest BCUT2D eigenvalue weighted by molar-refractivity contribution is 0.0913. The quantitative estimate of drug-likeness (QED) is 0.804. The molecule has 0 aromatic heterocycles. The van der Waals surface area contributed by atoms with Gasteiger partial charge in [-0.15, -0.1) is 0 Å². The second-order valence-electron chi connectivity index (χ2n) is 4.47. The van der Waals surface area contributed by atoms with Crippen LogP contribution in [-0.2, 0) is 0 Å². The van der Waals surface area contributed by atoms with Crippen LogP contribution in [0.1, 0.15) is 36.2 Å². The molecule has 0 fully saturated rings. The zero-order chi connectivity index (χ0) is 13.1. The molecule has 0 aliphatic carbocycles. The molecule has 0 aliphatic rings. The maximum Gasteiger partial charge on any atom is 0.251 e. The van der Waals surface area contributed by atoms with E-state index in [1.54, 1.807) is 0 Å². The summed E-state index contributed by atoms with van der Waals surface area (Å²) in [6.45, 7) is 6.09. The van der Waals surface area contributed by atoms with Gasteiger partial charge in [0.15, 0.2) is 0 Å². The van der Waals surface area contributed by atoms with Gasteiger partial charge in [-0.25, -0.2) is 0 Å². The molecule has 4 heteroatoms. The summed E-state index contributed by atoms with van der Waals surface area (Å²) < 4.78 is 0.960. The van der Waals surface area contributed by atoms with Crippen molar-refractivity contribution in [2.24, 2.45) is 0 Å². The fourth-order valence-electron chi connectivity index (χ4n) is 1.30. The molecule has 17 heavy (non-hydrogen) atoms. The number of aryl methyl sites for hydroxylation is 1. The Morgan fingerprint density at radius 1 is 1.47 bits per heavy atom. The van der Waals surface area contributed by atoms with Gasteiger partial charge in [0.2, 0.25) is 0 Å². The minimum absolute atomic E-state index is 0.0329. The van der Waals surface area contributed by atoms with Gasteiger partial charge in [-0.3, -0.25) is 4.79 Å². The third kappa shape index (κ3) is 3.81. The van der Waals surface area contributed by atoms with Crippen LogP contribution < -0.4 is 5.32 Å². The normalized spacial score (nSPS) is 14.2. The van der Waals surface area contributed by atoms with Crippen molar-refractivity contribution in [1.82, 2.24) is 5.32 Å². The summed E-state index contributed by atoms with van der Waals surface area (Å²) in [5.41, 5.74) is 1.61. The number of halogens is 2. The molecule has 1 aromatic rings. The minimum Gasteiger partial charge on any atom is -0.346 e. The number of carbonyl (C=O) groups is 1. The van der Waals surface area contributed by atoms with E-state index in [4.69, 9.17) is 0 Å². The molecule has 0 saturated carbocycles. The van der Waals surface area contributed by atoms with Crippen molar-refractivity contribution in [1.29, 1.82) is 0 Å². The molecule has 1 aromatic carbocycles. The fourth-order valence-corrected chi connectivity index (χ4v) is 2.21. The first-order valence-electron chi connectivity index (χ1n) is 5.56. The molecule has 1 N–H and O–H groups in total. The largest absolute Gasteiger partial charge is 0.346 e. The average molecular weight is 363 g/mol. The van der Waals surface area contributed by atoms with Gasteiger partial charge in [-0.05, 0) is 38.0 Å². The number of hydrogen-bond acceptors (Lipinski definition) is 1. The summed E-state index contributed by atoms with van der Waals surface area (Å²) in [5, 5.41) is 3.79. The molecule has 1 rings (SSSR count). The topological polar surface area (TPSA) is 29.1 Å². The molecule has 2 nitrogen and oxygen atoms in total. The van der Waals surface area contributed by atoms with Crippen molar-refractivity contribution < 1.29 is 4.79 Å². The highest BCUT2D eigenvalue weighted by Crippen LogP contribution is 2.19. The number of alkyl halides is 1. The predicted molar refractivity (Wildman–Crippen MR) is 78.8 cm³/mol. The smallest absolute Gasteiger partial charge is 0.251 e. The van der Waals surface area contributed by atoms with E-state index < -0.39 is 0 Å². The van der Waals surface area contributed by atoms with Crippen LogP contribution in [0.4, 0.5) is 0 Å². The third-order valence-electron chi connectivity index (χ3n) is 2.92. The van der Waals surface area contributed by atoms with Gasteiger partial charge in [0.1, 0.15) is 0 Å². The van der Waals surface area contributed by atoms with Crippen LogP contribution in [0.15, 0.2) is 22.7 Å². The summed E-state index contributed by atoms with van der Waals surface area (Å²) >= 11 is 6.87. The van der Waals surface area contributed by atoms with Crippen LogP contribution in [0.5, 0.6) is 0 Å². The van der Waals surface area contributed by atoms with Gasteiger partial charge in [-0.1, -0.05) is 44.8 Å². The second-order valence-corrected chi connectivity index (χ2v) is 5.88. The lowest BCUT2D eigenvalue weighted by Crippen LogP contribution is -2.46. The molecule has 0 heterocycles. The molecule has 0 aliphatic heterocycles. The van der Waals surface area contributed by atoms with Gasteiger partial charge in [0, 0.05) is 20.9 Å². The van der Waals surface area contributed by atoms with E-state index in [0.29, 0.717) is 5.56 Å². The van der Waals surface area contributed by atoms with Crippen molar-refractivity contribution in [3.63, 3.8) is 0 Å². The van der Waals surface area contributed by atoms with Crippen LogP contribution in [0.25, 0.3) is 0 Å². The van der Waals surface area contributed by atoms with Gasteiger partial charge >= 0.3 is 0 Å². The maximum absolute atomic E-state index is 12.1. The highest BCUT2D eigenvalue weighted by atomic mass is 79.9. The molecule has 0 spiro atoms. The van der Waals surface area contributed by atoms with Crippen molar-refractivity contribution in [2.45, 2.75) is 32.7 Å². The molecule has 0 radical (unpaired) electrons. The van der Waals surface area contributed by atoms with Crippen molar-refractivity contribution in [3.8, 4) is 0 Å². The van der Waals surface area contributed by atoms with Crippen LogP contribution in [-0.4, -0.2) is 16.8 Å². The minimum atomic E-state index is -0.200. The van der Waals surface area contributed by atoms with E-state index in [2.05, 4.69) is 44.1 Å². The van der Waals surface area contributed by atoms with Crippen LogP contribution in [0, 0.1) is 6.92 Å². The number of hydrogen-bond donors (Lipinski definition) is 1. The Morgan fingerprint density at radius 3 is 2.59 bits per heavy atom. The van der Waals surface area contributed by atoms with Crippen LogP contribution in [0.2, 0.25) is 0 Å².